The quantitative estimate of drug-likeness (QED) is 0.634. The van der Waals surface area contributed by atoms with Crippen molar-refractivity contribution < 1.29 is 4.92 Å². The largest absolute Gasteiger partial charge is 0.359 e. The van der Waals surface area contributed by atoms with Crippen LogP contribution in [0.2, 0.25) is 0 Å². The SMILES string of the molecule is CCC/C=C/c1nc2cc(C)ccn2c(=O)c1[N+](=O)[O-]. The van der Waals surface area contributed by atoms with E-state index in [4.69, 9.17) is 0 Å². The minimum atomic E-state index is -0.673. The highest BCUT2D eigenvalue weighted by Gasteiger charge is 2.21. The molecule has 0 N–H and O–H groups in total. The van der Waals surface area contributed by atoms with Gasteiger partial charge in [0.2, 0.25) is 0 Å². The van der Waals surface area contributed by atoms with Crippen molar-refractivity contribution in [1.82, 2.24) is 9.38 Å². The first kappa shape index (κ1) is 13.9. The number of rotatable bonds is 4. The molecule has 104 valence electrons. The highest BCUT2D eigenvalue weighted by atomic mass is 16.6. The predicted octanol–water partition coefficient (Wildman–Crippen LogP) is 2.72. The Labute approximate surface area is 115 Å². The van der Waals surface area contributed by atoms with E-state index >= 15 is 0 Å². The van der Waals surface area contributed by atoms with E-state index in [1.54, 1.807) is 24.3 Å². The van der Waals surface area contributed by atoms with Crippen molar-refractivity contribution in [1.29, 1.82) is 0 Å². The number of fused-ring (bicyclic) bond motifs is 1. The second-order valence-corrected chi connectivity index (χ2v) is 4.53. The Balaban J connectivity index is 2.74. The van der Waals surface area contributed by atoms with Gasteiger partial charge < -0.3 is 0 Å². The van der Waals surface area contributed by atoms with Gasteiger partial charge in [-0.25, -0.2) is 4.98 Å². The van der Waals surface area contributed by atoms with Crippen LogP contribution in [0.1, 0.15) is 31.0 Å². The second kappa shape index (κ2) is 5.64. The molecule has 0 aliphatic rings. The van der Waals surface area contributed by atoms with E-state index < -0.39 is 16.2 Å². The zero-order valence-corrected chi connectivity index (χ0v) is 11.4. The lowest BCUT2D eigenvalue weighted by Gasteiger charge is -2.03. The Bertz CT molecular complexity index is 747. The Morgan fingerprint density at radius 2 is 2.25 bits per heavy atom. The van der Waals surface area contributed by atoms with Crippen LogP contribution in [0.3, 0.4) is 0 Å². The third-order valence-electron chi connectivity index (χ3n) is 2.90. The average Bonchev–Trinajstić information content (AvgIpc) is 2.38. The van der Waals surface area contributed by atoms with E-state index in [9.17, 15) is 14.9 Å². The summed E-state index contributed by atoms with van der Waals surface area (Å²) < 4.78 is 1.20. The van der Waals surface area contributed by atoms with Crippen molar-refractivity contribution in [2.45, 2.75) is 26.7 Å². The van der Waals surface area contributed by atoms with Gasteiger partial charge in [0.25, 0.3) is 0 Å². The fourth-order valence-electron chi connectivity index (χ4n) is 1.90. The Hall–Kier alpha value is -2.50. The molecule has 6 heteroatoms. The molecule has 6 nitrogen and oxygen atoms in total. The van der Waals surface area contributed by atoms with Gasteiger partial charge in [-0.1, -0.05) is 19.4 Å². The van der Waals surface area contributed by atoms with Crippen LogP contribution in [0.15, 0.2) is 29.2 Å². The summed E-state index contributed by atoms with van der Waals surface area (Å²) in [5, 5.41) is 11.1. The highest BCUT2D eigenvalue weighted by Crippen LogP contribution is 2.15. The standard InChI is InChI=1S/C14H15N3O3/c1-3-4-5-6-11-13(17(19)20)14(18)16-8-7-10(2)9-12(16)15-11/h5-9H,3-4H2,1-2H3/b6-5+. The monoisotopic (exact) mass is 273 g/mol. The van der Waals surface area contributed by atoms with Crippen molar-refractivity contribution in [3.05, 3.63) is 56.1 Å². The summed E-state index contributed by atoms with van der Waals surface area (Å²) in [4.78, 5) is 26.8. The van der Waals surface area contributed by atoms with Gasteiger partial charge in [-0.3, -0.25) is 19.3 Å². The molecule has 0 amide bonds. The first-order valence-corrected chi connectivity index (χ1v) is 6.38. The molecule has 0 unspecified atom stereocenters. The van der Waals surface area contributed by atoms with Crippen LogP contribution in [0.4, 0.5) is 5.69 Å². The van der Waals surface area contributed by atoms with Gasteiger partial charge in [0.1, 0.15) is 11.3 Å². The van der Waals surface area contributed by atoms with E-state index in [0.717, 1.165) is 18.4 Å². The summed E-state index contributed by atoms with van der Waals surface area (Å²) in [5.74, 6) is 0. The molecule has 0 bridgehead atoms. The third kappa shape index (κ3) is 2.59. The highest BCUT2D eigenvalue weighted by molar-refractivity contribution is 5.60. The van der Waals surface area contributed by atoms with Gasteiger partial charge >= 0.3 is 11.2 Å². The lowest BCUT2D eigenvalue weighted by Crippen LogP contribution is -2.20. The van der Waals surface area contributed by atoms with E-state index in [2.05, 4.69) is 4.98 Å². The van der Waals surface area contributed by atoms with Gasteiger partial charge in [-0.05, 0) is 37.1 Å². The van der Waals surface area contributed by atoms with Crippen LogP contribution in [-0.2, 0) is 0 Å². The molecule has 0 saturated heterocycles. The van der Waals surface area contributed by atoms with Crippen molar-refractivity contribution in [3.8, 4) is 0 Å². The molecule has 0 spiro atoms. The van der Waals surface area contributed by atoms with Gasteiger partial charge in [0, 0.05) is 6.20 Å². The lowest BCUT2D eigenvalue weighted by molar-refractivity contribution is -0.386. The predicted molar refractivity (Wildman–Crippen MR) is 76.8 cm³/mol. The molecule has 0 aliphatic heterocycles. The van der Waals surface area contributed by atoms with Gasteiger partial charge in [-0.15, -0.1) is 0 Å². The zero-order chi connectivity index (χ0) is 14.7. The number of allylic oxidation sites excluding steroid dienone is 1. The number of nitrogens with zero attached hydrogens (tertiary/aromatic N) is 3. The van der Waals surface area contributed by atoms with E-state index in [1.807, 2.05) is 13.8 Å². The molecule has 0 aromatic carbocycles. The van der Waals surface area contributed by atoms with Crippen molar-refractivity contribution >= 4 is 17.4 Å². The summed E-state index contributed by atoms with van der Waals surface area (Å²) in [6.45, 7) is 3.88. The number of hydrogen-bond donors (Lipinski definition) is 0. The van der Waals surface area contributed by atoms with Gasteiger partial charge in [0.05, 0.1) is 4.92 Å². The summed E-state index contributed by atoms with van der Waals surface area (Å²) in [5.41, 5.74) is 0.319. The van der Waals surface area contributed by atoms with Crippen LogP contribution >= 0.6 is 0 Å². The Morgan fingerprint density at radius 1 is 1.50 bits per heavy atom. The second-order valence-electron chi connectivity index (χ2n) is 4.53. The minimum absolute atomic E-state index is 0.110. The molecular weight excluding hydrogens is 258 g/mol. The fourth-order valence-corrected chi connectivity index (χ4v) is 1.90. The van der Waals surface area contributed by atoms with Crippen LogP contribution in [0, 0.1) is 17.0 Å². The van der Waals surface area contributed by atoms with Crippen LogP contribution in [-0.4, -0.2) is 14.3 Å². The Kier molecular flexibility index (Phi) is 3.93. The maximum atomic E-state index is 12.2. The normalized spacial score (nSPS) is 11.3. The van der Waals surface area contributed by atoms with Crippen molar-refractivity contribution in [2.75, 3.05) is 0 Å². The van der Waals surface area contributed by atoms with E-state index in [0.29, 0.717) is 5.65 Å². The molecule has 0 atom stereocenters. The topological polar surface area (TPSA) is 77.5 Å². The lowest BCUT2D eigenvalue weighted by atomic mass is 10.2. The first-order valence-electron chi connectivity index (χ1n) is 6.38. The van der Waals surface area contributed by atoms with Crippen LogP contribution in [0.5, 0.6) is 0 Å². The maximum Gasteiger partial charge on any atom is 0.359 e. The molecule has 0 saturated carbocycles. The molecule has 2 rings (SSSR count). The minimum Gasteiger partial charge on any atom is -0.262 e. The first-order chi connectivity index (χ1) is 9.54. The fraction of sp³-hybridized carbons (Fsp3) is 0.286. The number of hydrogen-bond acceptors (Lipinski definition) is 4. The number of aryl methyl sites for hydroxylation is 1. The maximum absolute atomic E-state index is 12.2. The molecule has 0 radical (unpaired) electrons. The molecule has 2 heterocycles. The number of nitro groups is 1. The zero-order valence-electron chi connectivity index (χ0n) is 11.4. The molecule has 2 aromatic heterocycles. The Morgan fingerprint density at radius 3 is 2.90 bits per heavy atom. The van der Waals surface area contributed by atoms with Crippen LogP contribution < -0.4 is 5.56 Å². The summed E-state index contributed by atoms with van der Waals surface area (Å²) >= 11 is 0. The number of aromatic nitrogens is 2. The molecule has 0 fully saturated rings. The molecule has 2 aromatic rings. The number of unbranched alkanes of at least 4 members (excludes halogenated alkanes) is 1. The van der Waals surface area contributed by atoms with Crippen LogP contribution in [0.25, 0.3) is 11.7 Å². The summed E-state index contributed by atoms with van der Waals surface area (Å²) in [6.07, 6.45) is 6.56. The molecule has 20 heavy (non-hydrogen) atoms. The molecule has 0 aliphatic carbocycles. The summed E-state index contributed by atoms with van der Waals surface area (Å²) in [6, 6.07) is 3.44. The van der Waals surface area contributed by atoms with Crippen molar-refractivity contribution in [2.24, 2.45) is 0 Å². The average molecular weight is 273 g/mol. The number of pyridine rings is 1. The smallest absolute Gasteiger partial charge is 0.262 e. The van der Waals surface area contributed by atoms with E-state index in [1.165, 1.54) is 10.6 Å². The summed E-state index contributed by atoms with van der Waals surface area (Å²) in [7, 11) is 0. The van der Waals surface area contributed by atoms with Gasteiger partial charge in [-0.2, -0.15) is 0 Å². The van der Waals surface area contributed by atoms with E-state index in [-0.39, 0.29) is 5.69 Å². The van der Waals surface area contributed by atoms with Crippen molar-refractivity contribution in [3.63, 3.8) is 0 Å². The van der Waals surface area contributed by atoms with Gasteiger partial charge in [0.15, 0.2) is 0 Å². The third-order valence-corrected chi connectivity index (χ3v) is 2.90. The molecular formula is C14H15N3O3.